The number of aromatic amines is 1. The van der Waals surface area contributed by atoms with Crippen molar-refractivity contribution >= 4 is 5.95 Å². The molecular weight excluding hydrogens is 276 g/mol. The van der Waals surface area contributed by atoms with Gasteiger partial charge in [-0.3, -0.25) is 9.78 Å². The Kier molecular flexibility index (Phi) is 6.15. The van der Waals surface area contributed by atoms with Crippen LogP contribution in [-0.4, -0.2) is 41.0 Å². The van der Waals surface area contributed by atoms with Gasteiger partial charge in [-0.05, 0) is 26.1 Å². The van der Waals surface area contributed by atoms with Gasteiger partial charge in [0.05, 0.1) is 5.69 Å². The summed E-state index contributed by atoms with van der Waals surface area (Å²) in [5, 5.41) is 3.21. The van der Waals surface area contributed by atoms with Gasteiger partial charge < -0.3 is 10.2 Å². The molecule has 0 aliphatic heterocycles. The van der Waals surface area contributed by atoms with Gasteiger partial charge in [-0.2, -0.15) is 0 Å². The molecule has 1 heterocycles. The smallest absolute Gasteiger partial charge is 0.252 e. The minimum Gasteiger partial charge on any atom is -0.356 e. The molecule has 0 spiro atoms. The van der Waals surface area contributed by atoms with Crippen molar-refractivity contribution in [1.29, 1.82) is 0 Å². The summed E-state index contributed by atoms with van der Waals surface area (Å²) < 4.78 is 0. The van der Waals surface area contributed by atoms with E-state index in [1.807, 2.05) is 30.3 Å². The second kappa shape index (κ2) is 8.34. The fourth-order valence-corrected chi connectivity index (χ4v) is 2.35. The van der Waals surface area contributed by atoms with Gasteiger partial charge in [-0.25, -0.2) is 4.98 Å². The first-order chi connectivity index (χ1) is 10.7. The highest BCUT2D eigenvalue weighted by atomic mass is 16.1. The highest BCUT2D eigenvalue weighted by molar-refractivity contribution is 5.59. The Balaban J connectivity index is 1.97. The van der Waals surface area contributed by atoms with Crippen LogP contribution < -0.4 is 10.9 Å². The van der Waals surface area contributed by atoms with Gasteiger partial charge in [0.15, 0.2) is 0 Å². The molecule has 5 nitrogen and oxygen atoms in total. The van der Waals surface area contributed by atoms with Crippen molar-refractivity contribution in [3.8, 4) is 11.3 Å². The predicted octanol–water partition coefficient (Wildman–Crippen LogP) is 2.58. The maximum absolute atomic E-state index is 11.8. The molecule has 22 heavy (non-hydrogen) atoms. The molecule has 0 atom stereocenters. The predicted molar refractivity (Wildman–Crippen MR) is 91.2 cm³/mol. The minimum atomic E-state index is -0.139. The summed E-state index contributed by atoms with van der Waals surface area (Å²) in [5.41, 5.74) is 1.50. The van der Waals surface area contributed by atoms with Crippen molar-refractivity contribution in [3.05, 3.63) is 46.8 Å². The number of nitrogens with zero attached hydrogens (tertiary/aromatic N) is 2. The van der Waals surface area contributed by atoms with E-state index in [1.165, 1.54) is 6.07 Å². The second-order valence-corrected chi connectivity index (χ2v) is 5.15. The normalized spacial score (nSPS) is 10.9. The van der Waals surface area contributed by atoms with E-state index in [-0.39, 0.29) is 5.56 Å². The number of aromatic nitrogens is 2. The fraction of sp³-hybridized carbons (Fsp3) is 0.412. The van der Waals surface area contributed by atoms with E-state index in [2.05, 4.69) is 34.0 Å². The molecule has 0 aliphatic rings. The molecule has 5 heteroatoms. The van der Waals surface area contributed by atoms with Crippen molar-refractivity contribution in [2.24, 2.45) is 0 Å². The Hall–Kier alpha value is -2.14. The van der Waals surface area contributed by atoms with Crippen LogP contribution in [-0.2, 0) is 0 Å². The van der Waals surface area contributed by atoms with Gasteiger partial charge in [0.1, 0.15) is 0 Å². The average Bonchev–Trinajstić information content (AvgIpc) is 2.55. The van der Waals surface area contributed by atoms with Crippen molar-refractivity contribution in [2.45, 2.75) is 20.3 Å². The first-order valence-electron chi connectivity index (χ1n) is 7.86. The summed E-state index contributed by atoms with van der Waals surface area (Å²) in [4.78, 5) is 21.4. The molecule has 0 fully saturated rings. The Bertz CT molecular complexity index is 620. The van der Waals surface area contributed by atoms with E-state index < -0.39 is 0 Å². The minimum absolute atomic E-state index is 0.139. The third-order valence-electron chi connectivity index (χ3n) is 3.65. The first-order valence-corrected chi connectivity index (χ1v) is 7.86. The quantitative estimate of drug-likeness (QED) is 0.736. The number of benzene rings is 1. The topological polar surface area (TPSA) is 61.0 Å². The van der Waals surface area contributed by atoms with Gasteiger partial charge in [0, 0.05) is 18.2 Å². The van der Waals surface area contributed by atoms with Crippen molar-refractivity contribution in [3.63, 3.8) is 0 Å². The number of hydrogen-bond acceptors (Lipinski definition) is 4. The molecule has 1 aromatic heterocycles. The lowest BCUT2D eigenvalue weighted by Gasteiger charge is -2.17. The zero-order chi connectivity index (χ0) is 15.8. The molecule has 1 aromatic carbocycles. The van der Waals surface area contributed by atoms with E-state index in [1.54, 1.807) is 0 Å². The fourth-order valence-electron chi connectivity index (χ4n) is 2.35. The first kappa shape index (κ1) is 16.2. The Labute approximate surface area is 131 Å². The van der Waals surface area contributed by atoms with Crippen LogP contribution in [0.15, 0.2) is 41.2 Å². The van der Waals surface area contributed by atoms with Crippen LogP contribution in [0.3, 0.4) is 0 Å². The molecular formula is C17H24N4O. The second-order valence-electron chi connectivity index (χ2n) is 5.15. The zero-order valence-electron chi connectivity index (χ0n) is 13.3. The van der Waals surface area contributed by atoms with Crippen LogP contribution in [0.5, 0.6) is 0 Å². The molecule has 0 amide bonds. The largest absolute Gasteiger partial charge is 0.356 e. The number of rotatable bonds is 8. The van der Waals surface area contributed by atoms with E-state index in [4.69, 9.17) is 0 Å². The van der Waals surface area contributed by atoms with Gasteiger partial charge in [-0.15, -0.1) is 0 Å². The molecule has 2 rings (SSSR count). The zero-order valence-corrected chi connectivity index (χ0v) is 13.3. The summed E-state index contributed by atoms with van der Waals surface area (Å²) in [6.07, 6.45) is 1.01. The average molecular weight is 300 g/mol. The van der Waals surface area contributed by atoms with Crippen LogP contribution in [0.25, 0.3) is 11.3 Å². The standard InChI is InChI=1S/C17H24N4O/c1-3-21(4-2)12-8-11-18-17-19-15(13-16(22)20-17)14-9-6-5-7-10-14/h5-7,9-10,13H,3-4,8,11-12H2,1-2H3,(H2,18,19,20,22). The van der Waals surface area contributed by atoms with Crippen LogP contribution in [0.4, 0.5) is 5.95 Å². The van der Waals surface area contributed by atoms with Crippen molar-refractivity contribution < 1.29 is 0 Å². The molecule has 0 saturated heterocycles. The van der Waals surface area contributed by atoms with Crippen LogP contribution in [0.1, 0.15) is 20.3 Å². The summed E-state index contributed by atoms with van der Waals surface area (Å²) in [7, 11) is 0. The number of anilines is 1. The van der Waals surface area contributed by atoms with E-state index >= 15 is 0 Å². The summed E-state index contributed by atoms with van der Waals surface area (Å²) in [5.74, 6) is 0.533. The van der Waals surface area contributed by atoms with Gasteiger partial charge in [0.2, 0.25) is 5.95 Å². The van der Waals surface area contributed by atoms with Gasteiger partial charge in [0.25, 0.3) is 5.56 Å². The van der Waals surface area contributed by atoms with Crippen molar-refractivity contribution in [1.82, 2.24) is 14.9 Å². The van der Waals surface area contributed by atoms with Crippen LogP contribution in [0, 0.1) is 0 Å². The summed E-state index contributed by atoms with van der Waals surface area (Å²) in [6, 6.07) is 11.3. The molecule has 118 valence electrons. The molecule has 2 N–H and O–H groups in total. The Morgan fingerprint density at radius 1 is 1.18 bits per heavy atom. The molecule has 0 radical (unpaired) electrons. The van der Waals surface area contributed by atoms with Gasteiger partial charge >= 0.3 is 0 Å². The van der Waals surface area contributed by atoms with Crippen LogP contribution >= 0.6 is 0 Å². The molecule has 0 bridgehead atoms. The highest BCUT2D eigenvalue weighted by Gasteiger charge is 2.04. The monoisotopic (exact) mass is 300 g/mol. The van der Waals surface area contributed by atoms with E-state index in [9.17, 15) is 4.79 Å². The lowest BCUT2D eigenvalue weighted by molar-refractivity contribution is 0.303. The molecule has 0 aliphatic carbocycles. The van der Waals surface area contributed by atoms with E-state index in [0.29, 0.717) is 11.6 Å². The molecule has 0 saturated carbocycles. The van der Waals surface area contributed by atoms with Gasteiger partial charge in [-0.1, -0.05) is 44.2 Å². The van der Waals surface area contributed by atoms with Crippen LogP contribution in [0.2, 0.25) is 0 Å². The SMILES string of the molecule is CCN(CC)CCCNc1nc(-c2ccccc2)cc(=O)[nH]1. The van der Waals surface area contributed by atoms with Crippen molar-refractivity contribution in [2.75, 3.05) is 31.5 Å². The number of nitrogens with one attached hydrogen (secondary N) is 2. The number of hydrogen-bond donors (Lipinski definition) is 2. The Morgan fingerprint density at radius 3 is 2.59 bits per heavy atom. The van der Waals surface area contributed by atoms with E-state index in [0.717, 1.165) is 38.2 Å². The molecule has 0 unspecified atom stereocenters. The third-order valence-corrected chi connectivity index (χ3v) is 3.65. The molecule has 2 aromatic rings. The Morgan fingerprint density at radius 2 is 1.91 bits per heavy atom. The lowest BCUT2D eigenvalue weighted by atomic mass is 10.1. The summed E-state index contributed by atoms with van der Waals surface area (Å²) >= 11 is 0. The lowest BCUT2D eigenvalue weighted by Crippen LogP contribution is -2.25. The third kappa shape index (κ3) is 4.70. The maximum Gasteiger partial charge on any atom is 0.252 e. The summed E-state index contributed by atoms with van der Waals surface area (Å²) in [6.45, 7) is 8.29. The number of H-pyrrole nitrogens is 1. The highest BCUT2D eigenvalue weighted by Crippen LogP contribution is 2.15. The maximum atomic E-state index is 11.8.